The molecule has 0 radical (unpaired) electrons. The smallest absolute Gasteiger partial charge is 0.257 e. The molecule has 0 saturated carbocycles. The predicted molar refractivity (Wildman–Crippen MR) is 127 cm³/mol. The maximum absolute atomic E-state index is 12.9. The second-order valence-corrected chi connectivity index (χ2v) is 12.4. The van der Waals surface area contributed by atoms with Crippen molar-refractivity contribution < 1.29 is 13.2 Å². The molecule has 1 aromatic carbocycles. The third kappa shape index (κ3) is 4.97. The number of hydrogen-bond donors (Lipinski definition) is 1. The molecule has 1 unspecified atom stereocenters. The number of sulfonamides is 1. The molecule has 1 saturated heterocycles. The summed E-state index contributed by atoms with van der Waals surface area (Å²) in [7, 11) is -3.56. The monoisotopic (exact) mass is 515 g/mol. The van der Waals surface area contributed by atoms with Gasteiger partial charge in [-0.15, -0.1) is 22.7 Å². The Balaban J connectivity index is 1.46. The van der Waals surface area contributed by atoms with Gasteiger partial charge in [0.2, 0.25) is 10.0 Å². The Labute approximate surface area is 198 Å². The van der Waals surface area contributed by atoms with Crippen LogP contribution in [0.25, 0.3) is 11.3 Å². The summed E-state index contributed by atoms with van der Waals surface area (Å²) in [5.74, 6) is -0.0253. The Hall–Kier alpha value is -1.49. The Bertz CT molecular complexity index is 1210. The Morgan fingerprint density at radius 1 is 1.26 bits per heavy atom. The van der Waals surface area contributed by atoms with E-state index in [9.17, 15) is 13.2 Å². The molecule has 3 aromatic rings. The molecule has 2 aromatic heterocycles. The van der Waals surface area contributed by atoms with Gasteiger partial charge < -0.3 is 0 Å². The lowest BCUT2D eigenvalue weighted by molar-refractivity contribution is 0.102. The highest BCUT2D eigenvalue weighted by Crippen LogP contribution is 2.39. The maximum atomic E-state index is 12.9. The topological polar surface area (TPSA) is 79.4 Å². The standard InChI is InChI=1S/C20H19Cl2N3O3S3/c1-12-3-2-8-25(10-12)31(27,28)14-6-4-13(5-7-14)19(26)24-20-23-16(11-29-20)15-9-17(21)30-18(15)22/h4-7,9,11-12H,2-3,8,10H2,1H3,(H,23,24,26). The number of nitrogens with zero attached hydrogens (tertiary/aromatic N) is 2. The van der Waals surface area contributed by atoms with Gasteiger partial charge in [-0.2, -0.15) is 4.31 Å². The molecule has 6 nitrogen and oxygen atoms in total. The quantitative estimate of drug-likeness (QED) is 0.461. The molecule has 1 fully saturated rings. The van der Waals surface area contributed by atoms with E-state index in [4.69, 9.17) is 23.2 Å². The number of thiazole rings is 1. The summed E-state index contributed by atoms with van der Waals surface area (Å²) in [5.41, 5.74) is 1.69. The van der Waals surface area contributed by atoms with Gasteiger partial charge in [0.05, 0.1) is 14.9 Å². The zero-order chi connectivity index (χ0) is 22.2. The van der Waals surface area contributed by atoms with E-state index in [2.05, 4.69) is 17.2 Å². The maximum Gasteiger partial charge on any atom is 0.257 e. The van der Waals surface area contributed by atoms with E-state index in [1.165, 1.54) is 51.2 Å². The number of piperidine rings is 1. The fourth-order valence-electron chi connectivity index (χ4n) is 3.43. The summed E-state index contributed by atoms with van der Waals surface area (Å²) in [6.45, 7) is 3.11. The summed E-state index contributed by atoms with van der Waals surface area (Å²) >= 11 is 14.7. The number of anilines is 1. The summed E-state index contributed by atoms with van der Waals surface area (Å²) in [4.78, 5) is 17.2. The van der Waals surface area contributed by atoms with Gasteiger partial charge in [0.25, 0.3) is 5.91 Å². The SMILES string of the molecule is CC1CCCN(S(=O)(=O)c2ccc(C(=O)Nc3nc(-c4cc(Cl)sc4Cl)cs3)cc2)C1. The molecule has 1 amide bonds. The number of amides is 1. The molecule has 1 N–H and O–H groups in total. The number of aromatic nitrogens is 1. The lowest BCUT2D eigenvalue weighted by Crippen LogP contribution is -2.39. The molecular formula is C20H19Cl2N3O3S3. The number of carbonyl (C=O) groups excluding carboxylic acids is 1. The van der Waals surface area contributed by atoms with Crippen LogP contribution in [0.3, 0.4) is 0 Å². The van der Waals surface area contributed by atoms with Crippen LogP contribution in [0.2, 0.25) is 8.67 Å². The zero-order valence-electron chi connectivity index (χ0n) is 16.5. The average molecular weight is 516 g/mol. The first-order valence-corrected chi connectivity index (χ1v) is 13.5. The normalized spacial score (nSPS) is 17.6. The minimum Gasteiger partial charge on any atom is -0.298 e. The van der Waals surface area contributed by atoms with Gasteiger partial charge in [-0.3, -0.25) is 10.1 Å². The Kier molecular flexibility index (Phi) is 6.71. The summed E-state index contributed by atoms with van der Waals surface area (Å²) < 4.78 is 28.4. The minimum atomic E-state index is -3.56. The molecule has 11 heteroatoms. The van der Waals surface area contributed by atoms with Crippen molar-refractivity contribution >= 4 is 66.9 Å². The summed E-state index contributed by atoms with van der Waals surface area (Å²) in [5, 5.41) is 4.94. The third-order valence-electron chi connectivity index (χ3n) is 5.03. The zero-order valence-corrected chi connectivity index (χ0v) is 20.4. The number of benzene rings is 1. The van der Waals surface area contributed by atoms with E-state index in [0.29, 0.717) is 44.1 Å². The summed E-state index contributed by atoms with van der Waals surface area (Å²) in [6.07, 6.45) is 1.90. The van der Waals surface area contributed by atoms with Crippen molar-refractivity contribution in [2.24, 2.45) is 5.92 Å². The number of rotatable bonds is 5. The highest BCUT2D eigenvalue weighted by molar-refractivity contribution is 7.89. The van der Waals surface area contributed by atoms with E-state index < -0.39 is 10.0 Å². The van der Waals surface area contributed by atoms with E-state index >= 15 is 0 Å². The Morgan fingerprint density at radius 3 is 2.65 bits per heavy atom. The lowest BCUT2D eigenvalue weighted by Gasteiger charge is -2.30. The molecule has 0 bridgehead atoms. The Morgan fingerprint density at radius 2 is 2.00 bits per heavy atom. The number of halogens is 2. The van der Waals surface area contributed by atoms with Gasteiger partial charge in [-0.25, -0.2) is 13.4 Å². The molecule has 164 valence electrons. The molecular weight excluding hydrogens is 497 g/mol. The summed E-state index contributed by atoms with van der Waals surface area (Å²) in [6, 6.07) is 7.71. The van der Waals surface area contributed by atoms with E-state index in [1.807, 2.05) is 0 Å². The fraction of sp³-hybridized carbons (Fsp3) is 0.300. The van der Waals surface area contributed by atoms with Crippen molar-refractivity contribution in [3.8, 4) is 11.3 Å². The predicted octanol–water partition coefficient (Wildman–Crippen LogP) is 5.85. The molecule has 1 aliphatic rings. The highest BCUT2D eigenvalue weighted by atomic mass is 35.5. The van der Waals surface area contributed by atoms with Crippen LogP contribution in [0.5, 0.6) is 0 Å². The molecule has 1 atom stereocenters. The van der Waals surface area contributed by atoms with Crippen LogP contribution in [0.15, 0.2) is 40.6 Å². The molecule has 1 aliphatic heterocycles. The van der Waals surface area contributed by atoms with Crippen molar-refractivity contribution in [2.75, 3.05) is 18.4 Å². The van der Waals surface area contributed by atoms with Crippen molar-refractivity contribution in [2.45, 2.75) is 24.7 Å². The van der Waals surface area contributed by atoms with Gasteiger partial charge in [0.15, 0.2) is 5.13 Å². The van der Waals surface area contributed by atoms with Gasteiger partial charge in [0, 0.05) is 29.6 Å². The van der Waals surface area contributed by atoms with Crippen molar-refractivity contribution in [1.82, 2.24) is 9.29 Å². The second kappa shape index (κ2) is 9.17. The first kappa shape index (κ1) is 22.7. The van der Waals surface area contributed by atoms with E-state index in [0.717, 1.165) is 18.4 Å². The lowest BCUT2D eigenvalue weighted by atomic mass is 10.0. The fourth-order valence-corrected chi connectivity index (χ4v) is 7.22. The molecule has 0 aliphatic carbocycles. The van der Waals surface area contributed by atoms with Crippen LogP contribution in [0.4, 0.5) is 5.13 Å². The van der Waals surface area contributed by atoms with Crippen molar-refractivity contribution in [1.29, 1.82) is 0 Å². The molecule has 0 spiro atoms. The molecule has 3 heterocycles. The average Bonchev–Trinajstić information content (AvgIpc) is 3.33. The number of hydrogen-bond acceptors (Lipinski definition) is 6. The van der Waals surface area contributed by atoms with Gasteiger partial charge in [-0.05, 0) is 49.1 Å². The van der Waals surface area contributed by atoms with E-state index in [1.54, 1.807) is 11.4 Å². The first-order valence-electron chi connectivity index (χ1n) is 9.56. The highest BCUT2D eigenvalue weighted by Gasteiger charge is 2.28. The van der Waals surface area contributed by atoms with Crippen LogP contribution in [0.1, 0.15) is 30.1 Å². The second-order valence-electron chi connectivity index (χ2n) is 7.36. The first-order chi connectivity index (χ1) is 14.7. The van der Waals surface area contributed by atoms with Crippen molar-refractivity contribution in [3.63, 3.8) is 0 Å². The van der Waals surface area contributed by atoms with Crippen LogP contribution in [-0.4, -0.2) is 36.7 Å². The van der Waals surface area contributed by atoms with Gasteiger partial charge >= 0.3 is 0 Å². The van der Waals surface area contributed by atoms with Crippen molar-refractivity contribution in [3.05, 3.63) is 49.9 Å². The number of thiophene rings is 1. The van der Waals surface area contributed by atoms with Crippen LogP contribution in [0, 0.1) is 5.92 Å². The van der Waals surface area contributed by atoms with Crippen LogP contribution in [-0.2, 0) is 10.0 Å². The third-order valence-corrected chi connectivity index (χ3v) is 9.16. The largest absolute Gasteiger partial charge is 0.298 e. The van der Waals surface area contributed by atoms with E-state index in [-0.39, 0.29) is 10.8 Å². The number of nitrogens with one attached hydrogen (secondary N) is 1. The number of carbonyl (C=O) groups is 1. The van der Waals surface area contributed by atoms with Gasteiger partial charge in [-0.1, -0.05) is 30.1 Å². The molecule has 4 rings (SSSR count). The minimum absolute atomic E-state index is 0.193. The van der Waals surface area contributed by atoms with Gasteiger partial charge in [0.1, 0.15) is 4.34 Å². The van der Waals surface area contributed by atoms with Crippen LogP contribution < -0.4 is 5.32 Å². The van der Waals surface area contributed by atoms with Crippen LogP contribution >= 0.6 is 45.9 Å². The molecule has 31 heavy (non-hydrogen) atoms.